The number of carbonyl (C=O) groups excluding carboxylic acids is 1. The number of aliphatic hydroxyl groups excluding tert-OH is 1. The van der Waals surface area contributed by atoms with Crippen molar-refractivity contribution in [2.24, 2.45) is 5.92 Å². The van der Waals surface area contributed by atoms with Gasteiger partial charge in [0, 0.05) is 25.7 Å². The molecule has 1 aliphatic heterocycles. The molecule has 0 aromatic rings. The van der Waals surface area contributed by atoms with Crippen LogP contribution in [0.25, 0.3) is 0 Å². The highest BCUT2D eigenvalue weighted by molar-refractivity contribution is 5.73. The summed E-state index contributed by atoms with van der Waals surface area (Å²) in [5.41, 5.74) is 0. The van der Waals surface area contributed by atoms with E-state index in [4.69, 9.17) is 0 Å². The molecule has 21 heavy (non-hydrogen) atoms. The maximum absolute atomic E-state index is 11.7. The normalized spacial score (nSPS) is 21.3. The van der Waals surface area contributed by atoms with Gasteiger partial charge in [0.15, 0.2) is 0 Å². The zero-order valence-corrected chi connectivity index (χ0v) is 13.9. The average Bonchev–Trinajstić information content (AvgIpc) is 2.45. The van der Waals surface area contributed by atoms with Gasteiger partial charge >= 0.3 is 6.03 Å². The van der Waals surface area contributed by atoms with Crippen LogP contribution in [0, 0.1) is 5.92 Å². The summed E-state index contributed by atoms with van der Waals surface area (Å²) in [6.45, 7) is 9.42. The molecule has 3 N–H and O–H groups in total. The van der Waals surface area contributed by atoms with Crippen LogP contribution in [0.3, 0.4) is 0 Å². The molecule has 5 nitrogen and oxygen atoms in total. The van der Waals surface area contributed by atoms with Gasteiger partial charge in [-0.05, 0) is 38.1 Å². The molecule has 0 bridgehead atoms. The summed E-state index contributed by atoms with van der Waals surface area (Å²) >= 11 is 0. The zero-order valence-electron chi connectivity index (χ0n) is 13.9. The monoisotopic (exact) mass is 299 g/mol. The molecule has 5 heteroatoms. The Morgan fingerprint density at radius 3 is 2.76 bits per heavy atom. The van der Waals surface area contributed by atoms with Crippen LogP contribution in [0.4, 0.5) is 4.79 Å². The zero-order chi connectivity index (χ0) is 15.7. The summed E-state index contributed by atoms with van der Waals surface area (Å²) in [6, 6.07) is 0.499. The van der Waals surface area contributed by atoms with Gasteiger partial charge in [0.2, 0.25) is 0 Å². The number of aliphatic hydroxyl groups is 1. The van der Waals surface area contributed by atoms with Crippen molar-refractivity contribution in [2.75, 3.05) is 26.2 Å². The number of carbonyl (C=O) groups is 1. The first-order valence-corrected chi connectivity index (χ1v) is 8.46. The van der Waals surface area contributed by atoms with Crippen molar-refractivity contribution < 1.29 is 9.90 Å². The van der Waals surface area contributed by atoms with E-state index in [2.05, 4.69) is 36.3 Å². The molecule has 0 saturated carbocycles. The van der Waals surface area contributed by atoms with Gasteiger partial charge in [0.1, 0.15) is 0 Å². The van der Waals surface area contributed by atoms with Crippen molar-refractivity contribution in [3.05, 3.63) is 0 Å². The van der Waals surface area contributed by atoms with Crippen LogP contribution >= 0.6 is 0 Å². The number of piperidine rings is 1. The van der Waals surface area contributed by atoms with Gasteiger partial charge in [-0.1, -0.05) is 27.2 Å². The Morgan fingerprint density at radius 2 is 2.10 bits per heavy atom. The highest BCUT2D eigenvalue weighted by Crippen LogP contribution is 2.18. The molecule has 0 aromatic carbocycles. The van der Waals surface area contributed by atoms with Crippen molar-refractivity contribution in [2.45, 2.75) is 65.0 Å². The van der Waals surface area contributed by atoms with Crippen LogP contribution in [-0.4, -0.2) is 54.4 Å². The Kier molecular flexibility index (Phi) is 8.69. The second-order valence-electron chi connectivity index (χ2n) is 6.51. The smallest absolute Gasteiger partial charge is 0.314 e. The first kappa shape index (κ1) is 18.2. The van der Waals surface area contributed by atoms with Crippen molar-refractivity contribution in [3.63, 3.8) is 0 Å². The summed E-state index contributed by atoms with van der Waals surface area (Å²) in [5, 5.41) is 15.3. The van der Waals surface area contributed by atoms with Gasteiger partial charge in [-0.25, -0.2) is 4.79 Å². The average molecular weight is 299 g/mol. The number of rotatable bonds is 8. The first-order chi connectivity index (χ1) is 10.0. The van der Waals surface area contributed by atoms with E-state index in [-0.39, 0.29) is 6.03 Å². The van der Waals surface area contributed by atoms with Gasteiger partial charge in [0.05, 0.1) is 6.10 Å². The van der Waals surface area contributed by atoms with E-state index in [0.717, 1.165) is 13.1 Å². The van der Waals surface area contributed by atoms with Crippen LogP contribution in [0.2, 0.25) is 0 Å². The van der Waals surface area contributed by atoms with E-state index >= 15 is 0 Å². The summed E-state index contributed by atoms with van der Waals surface area (Å²) in [5.74, 6) is 0.440. The molecule has 0 spiro atoms. The lowest BCUT2D eigenvalue weighted by molar-refractivity contribution is 0.141. The van der Waals surface area contributed by atoms with E-state index in [0.29, 0.717) is 31.5 Å². The van der Waals surface area contributed by atoms with Gasteiger partial charge in [0.25, 0.3) is 0 Å². The molecule has 0 aliphatic carbocycles. The quantitative estimate of drug-likeness (QED) is 0.642. The third-order valence-electron chi connectivity index (χ3n) is 4.15. The van der Waals surface area contributed by atoms with Gasteiger partial charge in [-0.3, -0.25) is 4.90 Å². The number of hydrogen-bond acceptors (Lipinski definition) is 3. The summed E-state index contributed by atoms with van der Waals surface area (Å²) in [6.07, 6.45) is 5.33. The lowest BCUT2D eigenvalue weighted by Gasteiger charge is -2.35. The van der Waals surface area contributed by atoms with Gasteiger partial charge in [-0.15, -0.1) is 0 Å². The Balaban J connectivity index is 2.12. The van der Waals surface area contributed by atoms with Gasteiger partial charge in [-0.2, -0.15) is 0 Å². The number of hydrogen-bond donors (Lipinski definition) is 3. The third kappa shape index (κ3) is 7.67. The molecule has 1 saturated heterocycles. The van der Waals surface area contributed by atoms with Crippen molar-refractivity contribution >= 4 is 6.03 Å². The van der Waals surface area contributed by atoms with Crippen molar-refractivity contribution in [1.82, 2.24) is 15.5 Å². The summed E-state index contributed by atoms with van der Waals surface area (Å²) in [7, 11) is 0. The minimum Gasteiger partial charge on any atom is -0.391 e. The summed E-state index contributed by atoms with van der Waals surface area (Å²) < 4.78 is 0. The Bertz CT molecular complexity index is 297. The lowest BCUT2D eigenvalue weighted by Crippen LogP contribution is -2.46. The molecule has 0 radical (unpaired) electrons. The van der Waals surface area contributed by atoms with E-state index in [1.165, 1.54) is 25.7 Å². The van der Waals surface area contributed by atoms with E-state index in [9.17, 15) is 9.90 Å². The second-order valence-corrected chi connectivity index (χ2v) is 6.51. The predicted molar refractivity (Wildman–Crippen MR) is 86.4 cm³/mol. The second kappa shape index (κ2) is 10.0. The fourth-order valence-corrected chi connectivity index (χ4v) is 3.03. The van der Waals surface area contributed by atoms with E-state index in [1.54, 1.807) is 0 Å². The highest BCUT2D eigenvalue weighted by Gasteiger charge is 2.20. The largest absolute Gasteiger partial charge is 0.391 e. The third-order valence-corrected chi connectivity index (χ3v) is 4.15. The van der Waals surface area contributed by atoms with E-state index < -0.39 is 6.10 Å². The number of nitrogens with one attached hydrogen (secondary N) is 2. The summed E-state index contributed by atoms with van der Waals surface area (Å²) in [4.78, 5) is 14.2. The fourth-order valence-electron chi connectivity index (χ4n) is 3.03. The lowest BCUT2D eigenvalue weighted by atomic mass is 10.0. The van der Waals surface area contributed by atoms with E-state index in [1.807, 2.05) is 0 Å². The van der Waals surface area contributed by atoms with Gasteiger partial charge < -0.3 is 15.7 Å². The Hall–Kier alpha value is -0.810. The number of urea groups is 1. The topological polar surface area (TPSA) is 64.6 Å². The fraction of sp³-hybridized carbons (Fsp3) is 0.938. The maximum atomic E-state index is 11.7. The highest BCUT2D eigenvalue weighted by atomic mass is 16.3. The molecule has 1 aliphatic rings. The molecule has 0 aromatic heterocycles. The molecule has 1 rings (SSSR count). The first-order valence-electron chi connectivity index (χ1n) is 8.46. The maximum Gasteiger partial charge on any atom is 0.314 e. The minimum absolute atomic E-state index is 0.178. The standard InChI is InChI=1S/C16H33N3O2/c1-4-14-7-5-6-9-19(14)10-8-17-16(21)18-12-15(20)11-13(2)3/h13-15,20H,4-12H2,1-3H3,(H2,17,18,21). The molecule has 2 amide bonds. The number of likely N-dealkylation sites (tertiary alicyclic amines) is 1. The van der Waals surface area contributed by atoms with Crippen LogP contribution < -0.4 is 10.6 Å². The van der Waals surface area contributed by atoms with Crippen LogP contribution in [-0.2, 0) is 0 Å². The van der Waals surface area contributed by atoms with Crippen LogP contribution in [0.15, 0.2) is 0 Å². The molecular formula is C16H33N3O2. The van der Waals surface area contributed by atoms with Crippen molar-refractivity contribution in [3.8, 4) is 0 Å². The SMILES string of the molecule is CCC1CCCCN1CCNC(=O)NCC(O)CC(C)C. The van der Waals surface area contributed by atoms with Crippen LogP contribution in [0.5, 0.6) is 0 Å². The minimum atomic E-state index is -0.456. The molecule has 124 valence electrons. The predicted octanol–water partition coefficient (Wildman–Crippen LogP) is 1.96. The Morgan fingerprint density at radius 1 is 1.33 bits per heavy atom. The molecule has 1 fully saturated rings. The molecule has 2 atom stereocenters. The van der Waals surface area contributed by atoms with Crippen molar-refractivity contribution in [1.29, 1.82) is 0 Å². The van der Waals surface area contributed by atoms with Crippen LogP contribution in [0.1, 0.15) is 52.9 Å². The number of amides is 2. The molecular weight excluding hydrogens is 266 g/mol. The molecule has 1 heterocycles. The Labute approximate surface area is 129 Å². The molecule has 2 unspecified atom stereocenters. The number of nitrogens with zero attached hydrogens (tertiary/aromatic N) is 1.